The van der Waals surface area contributed by atoms with Crippen molar-refractivity contribution in [3.05, 3.63) is 53.2 Å². The third-order valence-electron chi connectivity index (χ3n) is 3.20. The summed E-state index contributed by atoms with van der Waals surface area (Å²) >= 11 is 7.25. The van der Waals surface area contributed by atoms with Crippen LogP contribution in [0.2, 0.25) is 5.02 Å². The van der Waals surface area contributed by atoms with Crippen LogP contribution >= 0.6 is 23.4 Å². The minimum absolute atomic E-state index is 0.141. The summed E-state index contributed by atoms with van der Waals surface area (Å²) in [6, 6.07) is 10.8. The lowest BCUT2D eigenvalue weighted by Crippen LogP contribution is -2.30. The summed E-state index contributed by atoms with van der Waals surface area (Å²) in [6.07, 6.45) is 1.52. The molecule has 0 aliphatic carbocycles. The van der Waals surface area contributed by atoms with Crippen molar-refractivity contribution in [3.8, 4) is 11.7 Å². The van der Waals surface area contributed by atoms with Crippen LogP contribution in [0.5, 0.6) is 0 Å². The van der Waals surface area contributed by atoms with Crippen LogP contribution in [0.3, 0.4) is 0 Å². The summed E-state index contributed by atoms with van der Waals surface area (Å²) in [6.45, 7) is 2.13. The van der Waals surface area contributed by atoms with E-state index in [4.69, 9.17) is 20.4 Å². The molecule has 6 nitrogen and oxygen atoms in total. The van der Waals surface area contributed by atoms with Crippen molar-refractivity contribution in [2.24, 2.45) is 0 Å². The molecule has 0 aliphatic rings. The van der Waals surface area contributed by atoms with Crippen molar-refractivity contribution in [2.75, 3.05) is 0 Å². The molecule has 124 valence electrons. The van der Waals surface area contributed by atoms with E-state index < -0.39 is 5.25 Å². The van der Waals surface area contributed by atoms with Crippen LogP contribution in [0.25, 0.3) is 11.7 Å². The van der Waals surface area contributed by atoms with Crippen molar-refractivity contribution in [3.63, 3.8) is 0 Å². The minimum Gasteiger partial charge on any atom is -0.459 e. The smallest absolute Gasteiger partial charge is 0.284 e. The van der Waals surface area contributed by atoms with E-state index in [0.717, 1.165) is 5.56 Å². The van der Waals surface area contributed by atoms with Crippen molar-refractivity contribution in [1.82, 2.24) is 15.5 Å². The maximum atomic E-state index is 12.2. The first-order chi connectivity index (χ1) is 11.6. The van der Waals surface area contributed by atoms with E-state index in [-0.39, 0.29) is 11.8 Å². The number of thioether (sulfide) groups is 1. The van der Waals surface area contributed by atoms with Gasteiger partial charge in [-0.05, 0) is 30.7 Å². The topological polar surface area (TPSA) is 81.2 Å². The van der Waals surface area contributed by atoms with Gasteiger partial charge in [0.2, 0.25) is 5.91 Å². The number of hydrogen-bond donors (Lipinski definition) is 1. The van der Waals surface area contributed by atoms with Gasteiger partial charge in [0.25, 0.3) is 11.1 Å². The highest BCUT2D eigenvalue weighted by Crippen LogP contribution is 2.26. The molecule has 1 atom stereocenters. The van der Waals surface area contributed by atoms with Crippen LogP contribution in [-0.2, 0) is 11.3 Å². The number of aromatic nitrogens is 2. The molecule has 2 aromatic heterocycles. The zero-order valence-corrected chi connectivity index (χ0v) is 14.3. The number of halogens is 1. The van der Waals surface area contributed by atoms with Gasteiger partial charge in [-0.2, -0.15) is 0 Å². The molecule has 0 fully saturated rings. The lowest BCUT2D eigenvalue weighted by molar-refractivity contribution is -0.120. The summed E-state index contributed by atoms with van der Waals surface area (Å²) < 4.78 is 10.7. The number of nitrogens with one attached hydrogen (secondary N) is 1. The summed E-state index contributed by atoms with van der Waals surface area (Å²) in [5, 5.41) is 11.2. The van der Waals surface area contributed by atoms with Crippen molar-refractivity contribution in [1.29, 1.82) is 0 Å². The first kappa shape index (κ1) is 16.6. The SMILES string of the molecule is CC(Sc1nnc(-c2ccco2)o1)C(=O)NCc1ccccc1Cl. The summed E-state index contributed by atoms with van der Waals surface area (Å²) in [5.74, 6) is 0.633. The third kappa shape index (κ3) is 3.98. The fraction of sp³-hybridized carbons (Fsp3) is 0.188. The lowest BCUT2D eigenvalue weighted by atomic mass is 10.2. The Bertz CT molecular complexity index is 820. The molecule has 0 spiro atoms. The fourth-order valence-corrected chi connectivity index (χ4v) is 2.84. The standard InChI is InChI=1S/C16H14ClN3O3S/c1-10(14(21)18-9-11-5-2-3-6-12(11)17)24-16-20-19-15(23-16)13-7-4-8-22-13/h2-8,10H,9H2,1H3,(H,18,21). The number of furan rings is 1. The molecule has 8 heteroatoms. The van der Waals surface area contributed by atoms with Crippen LogP contribution in [0.4, 0.5) is 0 Å². The van der Waals surface area contributed by atoms with Gasteiger partial charge in [-0.3, -0.25) is 4.79 Å². The van der Waals surface area contributed by atoms with Crippen molar-refractivity contribution < 1.29 is 13.6 Å². The molecule has 24 heavy (non-hydrogen) atoms. The Kier molecular flexibility index (Phi) is 5.22. The normalized spacial score (nSPS) is 12.1. The van der Waals surface area contributed by atoms with Crippen molar-refractivity contribution in [2.45, 2.75) is 23.9 Å². The van der Waals surface area contributed by atoms with Gasteiger partial charge in [-0.1, -0.05) is 41.6 Å². The van der Waals surface area contributed by atoms with E-state index in [9.17, 15) is 4.79 Å². The number of amides is 1. The second-order valence-corrected chi connectivity index (χ2v) is 6.62. The van der Waals surface area contributed by atoms with Gasteiger partial charge in [0.1, 0.15) is 0 Å². The Morgan fingerprint density at radius 1 is 1.29 bits per heavy atom. The molecule has 0 saturated heterocycles. The predicted octanol–water partition coefficient (Wildman–Crippen LogP) is 3.78. The van der Waals surface area contributed by atoms with Gasteiger partial charge in [-0.15, -0.1) is 10.2 Å². The third-order valence-corrected chi connectivity index (χ3v) is 4.50. The quantitative estimate of drug-likeness (QED) is 0.671. The van der Waals surface area contributed by atoms with E-state index in [1.54, 1.807) is 25.1 Å². The van der Waals surface area contributed by atoms with Gasteiger partial charge in [-0.25, -0.2) is 0 Å². The van der Waals surface area contributed by atoms with Crippen LogP contribution in [0, 0.1) is 0 Å². The maximum absolute atomic E-state index is 12.2. The van der Waals surface area contributed by atoms with Crippen LogP contribution in [0.1, 0.15) is 12.5 Å². The first-order valence-electron chi connectivity index (χ1n) is 7.18. The average Bonchev–Trinajstić information content (AvgIpc) is 3.25. The number of carbonyl (C=O) groups excluding carboxylic acids is 1. The summed E-state index contributed by atoms with van der Waals surface area (Å²) in [4.78, 5) is 12.2. The molecule has 2 heterocycles. The minimum atomic E-state index is -0.391. The number of benzene rings is 1. The van der Waals surface area contributed by atoms with Gasteiger partial charge in [0.15, 0.2) is 5.76 Å². The highest BCUT2D eigenvalue weighted by molar-refractivity contribution is 8.00. The molecule has 1 N–H and O–H groups in total. The molecule has 1 unspecified atom stereocenters. The fourth-order valence-electron chi connectivity index (χ4n) is 1.93. The number of nitrogens with zero attached hydrogens (tertiary/aromatic N) is 2. The van der Waals surface area contributed by atoms with Gasteiger partial charge < -0.3 is 14.2 Å². The zero-order valence-electron chi connectivity index (χ0n) is 12.7. The summed E-state index contributed by atoms with van der Waals surface area (Å²) in [5.41, 5.74) is 0.864. The molecule has 0 saturated carbocycles. The molecule has 3 aromatic rings. The Labute approximate surface area is 147 Å². The molecule has 1 aromatic carbocycles. The highest BCUT2D eigenvalue weighted by Gasteiger charge is 2.19. The number of rotatable bonds is 6. The monoisotopic (exact) mass is 363 g/mol. The summed E-state index contributed by atoms with van der Waals surface area (Å²) in [7, 11) is 0. The zero-order chi connectivity index (χ0) is 16.9. The Balaban J connectivity index is 1.55. The van der Waals surface area contributed by atoms with Gasteiger partial charge in [0, 0.05) is 11.6 Å². The molecule has 0 bridgehead atoms. The molecule has 3 rings (SSSR count). The van der Waals surface area contributed by atoms with Crippen LogP contribution in [0.15, 0.2) is 56.7 Å². The first-order valence-corrected chi connectivity index (χ1v) is 8.44. The largest absolute Gasteiger partial charge is 0.459 e. The molecule has 0 aliphatic heterocycles. The lowest BCUT2D eigenvalue weighted by Gasteiger charge is -2.10. The highest BCUT2D eigenvalue weighted by atomic mass is 35.5. The van der Waals surface area contributed by atoms with Gasteiger partial charge >= 0.3 is 0 Å². The molecular weight excluding hydrogens is 350 g/mol. The number of carbonyl (C=O) groups is 1. The molecule has 1 amide bonds. The molecular formula is C16H14ClN3O3S. The van der Waals surface area contributed by atoms with E-state index >= 15 is 0 Å². The Morgan fingerprint density at radius 3 is 2.88 bits per heavy atom. The van der Waals surface area contributed by atoms with E-state index in [0.29, 0.717) is 22.6 Å². The Morgan fingerprint density at radius 2 is 2.12 bits per heavy atom. The van der Waals surface area contributed by atoms with Crippen LogP contribution in [-0.4, -0.2) is 21.4 Å². The predicted molar refractivity (Wildman–Crippen MR) is 90.6 cm³/mol. The van der Waals surface area contributed by atoms with E-state index in [1.165, 1.54) is 18.0 Å². The van der Waals surface area contributed by atoms with E-state index in [2.05, 4.69) is 15.5 Å². The van der Waals surface area contributed by atoms with E-state index in [1.807, 2.05) is 18.2 Å². The van der Waals surface area contributed by atoms with Crippen LogP contribution < -0.4 is 5.32 Å². The van der Waals surface area contributed by atoms with Gasteiger partial charge in [0.05, 0.1) is 11.5 Å². The number of hydrogen-bond acceptors (Lipinski definition) is 6. The second kappa shape index (κ2) is 7.55. The maximum Gasteiger partial charge on any atom is 0.284 e. The Hall–Kier alpha value is -2.25. The average molecular weight is 364 g/mol. The molecule has 0 radical (unpaired) electrons. The second-order valence-electron chi connectivity index (χ2n) is 4.92. The van der Waals surface area contributed by atoms with Crippen molar-refractivity contribution >= 4 is 29.3 Å².